The number of rotatable bonds is 2. The normalized spacial score (nSPS) is 30.7. The lowest BCUT2D eigenvalue weighted by Gasteiger charge is -2.26. The van der Waals surface area contributed by atoms with Gasteiger partial charge in [0.25, 0.3) is 0 Å². The molecule has 0 aromatic heterocycles. The molecular formula is C11H12Br2O2. The first-order valence-corrected chi connectivity index (χ1v) is 6.71. The van der Waals surface area contributed by atoms with Crippen LogP contribution < -0.4 is 0 Å². The van der Waals surface area contributed by atoms with Gasteiger partial charge in [-0.3, -0.25) is 0 Å². The van der Waals surface area contributed by atoms with E-state index < -0.39 is 5.79 Å². The molecule has 0 aliphatic carbocycles. The fourth-order valence-electron chi connectivity index (χ4n) is 1.65. The smallest absolute Gasteiger partial charge is 0.205 e. The highest BCUT2D eigenvalue weighted by molar-refractivity contribution is 9.10. The summed E-state index contributed by atoms with van der Waals surface area (Å²) in [7, 11) is 0. The minimum atomic E-state index is -0.611. The molecule has 4 heteroatoms. The summed E-state index contributed by atoms with van der Waals surface area (Å²) in [6.45, 7) is 2.66. The third-order valence-electron chi connectivity index (χ3n) is 2.40. The zero-order chi connectivity index (χ0) is 10.9. The van der Waals surface area contributed by atoms with Crippen molar-refractivity contribution in [2.75, 3.05) is 11.9 Å². The Bertz CT molecular complexity index is 339. The van der Waals surface area contributed by atoms with Crippen LogP contribution in [0.3, 0.4) is 0 Å². The van der Waals surface area contributed by atoms with Crippen LogP contribution in [0.2, 0.25) is 0 Å². The molecule has 2 rings (SSSR count). The van der Waals surface area contributed by atoms with Crippen LogP contribution in [-0.4, -0.2) is 18.0 Å². The Kier molecular flexibility index (Phi) is 3.50. The number of alkyl halides is 1. The first-order valence-electron chi connectivity index (χ1n) is 4.80. The Hall–Kier alpha value is 0.1000. The van der Waals surface area contributed by atoms with Crippen LogP contribution in [0.15, 0.2) is 28.7 Å². The van der Waals surface area contributed by atoms with Gasteiger partial charge in [0, 0.05) is 10.0 Å². The van der Waals surface area contributed by atoms with Crippen LogP contribution in [0, 0.1) is 0 Å². The molecule has 0 amide bonds. The highest BCUT2D eigenvalue weighted by atomic mass is 79.9. The van der Waals surface area contributed by atoms with E-state index in [1.807, 2.05) is 31.2 Å². The quantitative estimate of drug-likeness (QED) is 0.771. The van der Waals surface area contributed by atoms with E-state index in [1.165, 1.54) is 0 Å². The molecule has 15 heavy (non-hydrogen) atoms. The number of benzene rings is 1. The average Bonchev–Trinajstić information content (AvgIpc) is 2.62. The molecular weight excluding hydrogens is 324 g/mol. The summed E-state index contributed by atoms with van der Waals surface area (Å²) in [6, 6.07) is 8.03. The van der Waals surface area contributed by atoms with Crippen molar-refractivity contribution in [3.63, 3.8) is 0 Å². The predicted octanol–water partition coefficient (Wildman–Crippen LogP) is 3.43. The summed E-state index contributed by atoms with van der Waals surface area (Å²) in [6.07, 6.45) is 0.145. The molecule has 82 valence electrons. The molecule has 1 aliphatic rings. The summed E-state index contributed by atoms with van der Waals surface area (Å²) in [5.41, 5.74) is 1.05. The SMILES string of the molecule is C[C@@H]1COC(CBr)(c2ccc(Br)cc2)O1. The van der Waals surface area contributed by atoms with Crippen LogP contribution in [0.4, 0.5) is 0 Å². The molecule has 1 aromatic rings. The molecule has 1 unspecified atom stereocenters. The molecule has 0 saturated carbocycles. The van der Waals surface area contributed by atoms with Crippen LogP contribution in [0.25, 0.3) is 0 Å². The van der Waals surface area contributed by atoms with Crippen molar-refractivity contribution in [3.8, 4) is 0 Å². The van der Waals surface area contributed by atoms with Crippen LogP contribution in [-0.2, 0) is 15.3 Å². The van der Waals surface area contributed by atoms with Crippen molar-refractivity contribution in [2.45, 2.75) is 18.8 Å². The molecule has 1 saturated heterocycles. The Morgan fingerprint density at radius 3 is 2.53 bits per heavy atom. The van der Waals surface area contributed by atoms with Crippen LogP contribution in [0.5, 0.6) is 0 Å². The molecule has 0 N–H and O–H groups in total. The maximum absolute atomic E-state index is 5.84. The van der Waals surface area contributed by atoms with Gasteiger partial charge in [0.1, 0.15) is 0 Å². The zero-order valence-electron chi connectivity index (χ0n) is 8.37. The summed E-state index contributed by atoms with van der Waals surface area (Å²) in [5.74, 6) is -0.611. The van der Waals surface area contributed by atoms with E-state index in [1.54, 1.807) is 0 Å². The molecule has 0 spiro atoms. The van der Waals surface area contributed by atoms with Crippen molar-refractivity contribution in [1.29, 1.82) is 0 Å². The van der Waals surface area contributed by atoms with E-state index in [9.17, 15) is 0 Å². The second-order valence-corrected chi connectivity index (χ2v) is 5.11. The van der Waals surface area contributed by atoms with Gasteiger partial charge < -0.3 is 9.47 Å². The fraction of sp³-hybridized carbons (Fsp3) is 0.455. The minimum absolute atomic E-state index is 0.145. The highest BCUT2D eigenvalue weighted by Crippen LogP contribution is 2.36. The Labute approximate surface area is 106 Å². The Balaban J connectivity index is 2.30. The molecule has 1 aliphatic heterocycles. The second kappa shape index (κ2) is 4.53. The summed E-state index contributed by atoms with van der Waals surface area (Å²) >= 11 is 6.87. The minimum Gasteiger partial charge on any atom is -0.342 e. The molecule has 0 bridgehead atoms. The maximum atomic E-state index is 5.84. The van der Waals surface area contributed by atoms with Gasteiger partial charge in [-0.25, -0.2) is 0 Å². The zero-order valence-corrected chi connectivity index (χ0v) is 11.5. The van der Waals surface area contributed by atoms with Gasteiger partial charge >= 0.3 is 0 Å². The predicted molar refractivity (Wildman–Crippen MR) is 66.1 cm³/mol. The highest BCUT2D eigenvalue weighted by Gasteiger charge is 2.40. The number of hydrogen-bond acceptors (Lipinski definition) is 2. The van der Waals surface area contributed by atoms with E-state index in [4.69, 9.17) is 9.47 Å². The Morgan fingerprint density at radius 1 is 1.40 bits per heavy atom. The largest absolute Gasteiger partial charge is 0.342 e. The lowest BCUT2D eigenvalue weighted by Crippen LogP contribution is -2.29. The van der Waals surface area contributed by atoms with Crippen molar-refractivity contribution < 1.29 is 9.47 Å². The van der Waals surface area contributed by atoms with E-state index in [2.05, 4.69) is 31.9 Å². The van der Waals surface area contributed by atoms with E-state index in [0.29, 0.717) is 11.9 Å². The molecule has 1 aromatic carbocycles. The third kappa shape index (κ3) is 2.28. The van der Waals surface area contributed by atoms with Crippen molar-refractivity contribution >= 4 is 31.9 Å². The molecule has 1 heterocycles. The maximum Gasteiger partial charge on any atom is 0.205 e. The summed E-state index contributed by atoms with van der Waals surface area (Å²) in [4.78, 5) is 0. The standard InChI is InChI=1S/C11H12Br2O2/c1-8-6-14-11(7-12,15-8)9-2-4-10(13)5-3-9/h2-5,8H,6-7H2,1H3/t8-,11?/m1/s1. The second-order valence-electron chi connectivity index (χ2n) is 3.63. The van der Waals surface area contributed by atoms with Crippen molar-refractivity contribution in [1.82, 2.24) is 0 Å². The lowest BCUT2D eigenvalue weighted by molar-refractivity contribution is -0.154. The van der Waals surface area contributed by atoms with Gasteiger partial charge in [0.15, 0.2) is 0 Å². The molecule has 0 radical (unpaired) electrons. The van der Waals surface area contributed by atoms with Gasteiger partial charge in [0.2, 0.25) is 5.79 Å². The van der Waals surface area contributed by atoms with Crippen molar-refractivity contribution in [2.24, 2.45) is 0 Å². The lowest BCUT2D eigenvalue weighted by atomic mass is 10.1. The van der Waals surface area contributed by atoms with Gasteiger partial charge in [0.05, 0.1) is 18.0 Å². The summed E-state index contributed by atoms with van der Waals surface area (Å²) in [5, 5.41) is 0.645. The van der Waals surface area contributed by atoms with Gasteiger partial charge in [-0.05, 0) is 19.1 Å². The van der Waals surface area contributed by atoms with E-state index >= 15 is 0 Å². The number of hydrogen-bond donors (Lipinski definition) is 0. The molecule has 2 atom stereocenters. The average molecular weight is 336 g/mol. The molecule has 2 nitrogen and oxygen atoms in total. The van der Waals surface area contributed by atoms with E-state index in [0.717, 1.165) is 10.0 Å². The van der Waals surface area contributed by atoms with Crippen LogP contribution >= 0.6 is 31.9 Å². The third-order valence-corrected chi connectivity index (χ3v) is 3.67. The molecule has 1 fully saturated rings. The van der Waals surface area contributed by atoms with E-state index in [-0.39, 0.29) is 6.10 Å². The summed E-state index contributed by atoms with van der Waals surface area (Å²) < 4.78 is 12.6. The first-order chi connectivity index (χ1) is 7.16. The van der Waals surface area contributed by atoms with Gasteiger partial charge in [-0.2, -0.15) is 0 Å². The first kappa shape index (κ1) is 11.6. The van der Waals surface area contributed by atoms with Crippen LogP contribution in [0.1, 0.15) is 12.5 Å². The Morgan fingerprint density at radius 2 is 2.07 bits per heavy atom. The fourth-order valence-corrected chi connectivity index (χ4v) is 2.53. The number of halogens is 2. The van der Waals surface area contributed by atoms with Gasteiger partial charge in [-0.15, -0.1) is 0 Å². The monoisotopic (exact) mass is 334 g/mol. The van der Waals surface area contributed by atoms with Gasteiger partial charge in [-0.1, -0.05) is 44.0 Å². The van der Waals surface area contributed by atoms with Crippen molar-refractivity contribution in [3.05, 3.63) is 34.3 Å². The number of ether oxygens (including phenoxy) is 2. The topological polar surface area (TPSA) is 18.5 Å².